The molecule has 1 atom stereocenters. The van der Waals surface area contributed by atoms with Crippen molar-refractivity contribution in [2.45, 2.75) is 19.4 Å². The normalized spacial score (nSPS) is 23.1. The summed E-state index contributed by atoms with van der Waals surface area (Å²) in [5, 5.41) is 3.53. The van der Waals surface area contributed by atoms with Crippen molar-refractivity contribution < 1.29 is 4.74 Å². The van der Waals surface area contributed by atoms with Gasteiger partial charge in [0.1, 0.15) is 0 Å². The van der Waals surface area contributed by atoms with Crippen LogP contribution < -0.4 is 5.32 Å². The van der Waals surface area contributed by atoms with Crippen LogP contribution in [0.1, 0.15) is 17.5 Å². The fourth-order valence-corrected chi connectivity index (χ4v) is 3.21. The Balaban J connectivity index is 1.65. The summed E-state index contributed by atoms with van der Waals surface area (Å²) in [5.41, 5.74) is 4.34. The second-order valence-electron chi connectivity index (χ2n) is 5.47. The zero-order valence-electron chi connectivity index (χ0n) is 11.1. The predicted molar refractivity (Wildman–Crippen MR) is 73.9 cm³/mol. The highest BCUT2D eigenvalue weighted by Gasteiger charge is 2.23. The predicted octanol–water partition coefficient (Wildman–Crippen LogP) is 2.12. The van der Waals surface area contributed by atoms with Crippen LogP contribution in [0.4, 0.5) is 5.69 Å². The van der Waals surface area contributed by atoms with Crippen molar-refractivity contribution in [1.29, 1.82) is 0 Å². The van der Waals surface area contributed by atoms with Gasteiger partial charge in [0.15, 0.2) is 0 Å². The lowest BCUT2D eigenvalue weighted by Gasteiger charge is -2.18. The number of ether oxygens (including phenoxy) is 1. The van der Waals surface area contributed by atoms with Gasteiger partial charge >= 0.3 is 0 Å². The Morgan fingerprint density at radius 3 is 3.28 bits per heavy atom. The number of hydrogen-bond acceptors (Lipinski definition) is 3. The molecule has 0 bridgehead atoms. The van der Waals surface area contributed by atoms with Crippen molar-refractivity contribution in [2.75, 3.05) is 38.7 Å². The molecule has 1 aromatic carbocycles. The van der Waals surface area contributed by atoms with E-state index in [1.54, 1.807) is 7.11 Å². The summed E-state index contributed by atoms with van der Waals surface area (Å²) in [5.74, 6) is 0.722. The monoisotopic (exact) mass is 246 g/mol. The van der Waals surface area contributed by atoms with Crippen LogP contribution >= 0.6 is 0 Å². The van der Waals surface area contributed by atoms with Crippen LogP contribution in [0.3, 0.4) is 0 Å². The highest BCUT2D eigenvalue weighted by molar-refractivity contribution is 5.61. The zero-order chi connectivity index (χ0) is 12.4. The Labute approximate surface area is 109 Å². The largest absolute Gasteiger partial charge is 0.384 e. The third-order valence-corrected chi connectivity index (χ3v) is 4.10. The molecule has 1 N–H and O–H groups in total. The third-order valence-electron chi connectivity index (χ3n) is 4.10. The maximum absolute atomic E-state index is 5.26. The maximum Gasteiger partial charge on any atom is 0.0503 e. The Morgan fingerprint density at radius 2 is 2.39 bits per heavy atom. The van der Waals surface area contributed by atoms with Gasteiger partial charge in [-0.3, -0.25) is 4.90 Å². The third kappa shape index (κ3) is 2.38. The highest BCUT2D eigenvalue weighted by Crippen LogP contribution is 2.28. The summed E-state index contributed by atoms with van der Waals surface area (Å²) in [6.45, 7) is 5.46. The first-order valence-corrected chi connectivity index (χ1v) is 6.93. The molecule has 18 heavy (non-hydrogen) atoms. The maximum atomic E-state index is 5.26. The molecular weight excluding hydrogens is 224 g/mol. The fourth-order valence-electron chi connectivity index (χ4n) is 3.21. The number of benzene rings is 1. The standard InChI is InChI=1S/C15H22N2O/c1-18-11-12-6-8-17(9-12)10-14-4-2-3-13-5-7-16-15(13)14/h2-4,12,16H,5-11H2,1H3. The van der Waals surface area contributed by atoms with Gasteiger partial charge in [-0.15, -0.1) is 0 Å². The summed E-state index contributed by atoms with van der Waals surface area (Å²) >= 11 is 0. The molecule has 0 aliphatic carbocycles. The number of nitrogens with zero attached hydrogens (tertiary/aromatic N) is 1. The molecule has 0 saturated carbocycles. The number of nitrogens with one attached hydrogen (secondary N) is 1. The van der Waals surface area contributed by atoms with E-state index in [-0.39, 0.29) is 0 Å². The van der Waals surface area contributed by atoms with Gasteiger partial charge in [0.25, 0.3) is 0 Å². The molecule has 2 heterocycles. The van der Waals surface area contributed by atoms with Crippen LogP contribution in [0, 0.1) is 5.92 Å². The molecule has 3 rings (SSSR count). The van der Waals surface area contributed by atoms with Crippen LogP contribution in [0.5, 0.6) is 0 Å². The van der Waals surface area contributed by atoms with Gasteiger partial charge in [0.2, 0.25) is 0 Å². The number of rotatable bonds is 4. The Morgan fingerprint density at radius 1 is 1.44 bits per heavy atom. The average molecular weight is 246 g/mol. The molecule has 1 aromatic rings. The van der Waals surface area contributed by atoms with Crippen LogP contribution in [0.25, 0.3) is 0 Å². The van der Waals surface area contributed by atoms with Gasteiger partial charge in [-0.2, -0.15) is 0 Å². The SMILES string of the molecule is COCC1CCN(Cc2cccc3c2NCC3)C1. The van der Waals surface area contributed by atoms with Crippen LogP contribution in [0.15, 0.2) is 18.2 Å². The molecule has 0 aromatic heterocycles. The minimum atomic E-state index is 0.722. The van der Waals surface area contributed by atoms with Gasteiger partial charge in [-0.05, 0) is 36.4 Å². The molecule has 3 heteroatoms. The number of anilines is 1. The molecule has 0 spiro atoms. The van der Waals surface area contributed by atoms with Crippen molar-refractivity contribution in [3.8, 4) is 0 Å². The van der Waals surface area contributed by atoms with E-state index in [4.69, 9.17) is 4.74 Å². The lowest BCUT2D eigenvalue weighted by Crippen LogP contribution is -2.21. The van der Waals surface area contributed by atoms with Crippen molar-refractivity contribution in [3.05, 3.63) is 29.3 Å². The molecule has 98 valence electrons. The second kappa shape index (κ2) is 5.29. The zero-order valence-corrected chi connectivity index (χ0v) is 11.1. The lowest BCUT2D eigenvalue weighted by molar-refractivity contribution is 0.152. The number of hydrogen-bond donors (Lipinski definition) is 1. The van der Waals surface area contributed by atoms with Crippen molar-refractivity contribution >= 4 is 5.69 Å². The fraction of sp³-hybridized carbons (Fsp3) is 0.600. The molecule has 1 saturated heterocycles. The Bertz CT molecular complexity index is 419. The Hall–Kier alpha value is -1.06. The topological polar surface area (TPSA) is 24.5 Å². The summed E-state index contributed by atoms with van der Waals surface area (Å²) in [6, 6.07) is 6.71. The minimum absolute atomic E-state index is 0.722. The van der Waals surface area contributed by atoms with E-state index in [1.165, 1.54) is 42.7 Å². The van der Waals surface area contributed by atoms with Crippen LogP contribution in [-0.4, -0.2) is 38.3 Å². The minimum Gasteiger partial charge on any atom is -0.384 e. The molecule has 2 aliphatic rings. The molecule has 3 nitrogen and oxygen atoms in total. The second-order valence-corrected chi connectivity index (χ2v) is 5.47. The van der Waals surface area contributed by atoms with E-state index in [9.17, 15) is 0 Å². The lowest BCUT2D eigenvalue weighted by atomic mass is 10.1. The first kappa shape index (κ1) is 12.0. The van der Waals surface area contributed by atoms with E-state index in [0.717, 1.165) is 25.6 Å². The average Bonchev–Trinajstić information content (AvgIpc) is 2.99. The molecular formula is C15H22N2O. The van der Waals surface area contributed by atoms with E-state index in [1.807, 2.05) is 0 Å². The summed E-state index contributed by atoms with van der Waals surface area (Å²) in [4.78, 5) is 2.55. The first-order valence-electron chi connectivity index (χ1n) is 6.93. The van der Waals surface area contributed by atoms with Crippen LogP contribution in [-0.2, 0) is 17.7 Å². The summed E-state index contributed by atoms with van der Waals surface area (Å²) in [7, 11) is 1.80. The van der Waals surface area contributed by atoms with Crippen molar-refractivity contribution in [1.82, 2.24) is 4.90 Å². The number of likely N-dealkylation sites (tertiary alicyclic amines) is 1. The quantitative estimate of drug-likeness (QED) is 0.880. The van der Waals surface area contributed by atoms with E-state index in [0.29, 0.717) is 0 Å². The number of para-hydroxylation sites is 1. The van der Waals surface area contributed by atoms with Gasteiger partial charge in [-0.1, -0.05) is 18.2 Å². The van der Waals surface area contributed by atoms with Gasteiger partial charge in [0, 0.05) is 32.4 Å². The van der Waals surface area contributed by atoms with Gasteiger partial charge < -0.3 is 10.1 Å². The highest BCUT2D eigenvalue weighted by atomic mass is 16.5. The molecule has 0 radical (unpaired) electrons. The molecule has 1 unspecified atom stereocenters. The van der Waals surface area contributed by atoms with E-state index >= 15 is 0 Å². The summed E-state index contributed by atoms with van der Waals surface area (Å²) in [6.07, 6.45) is 2.45. The molecule has 1 fully saturated rings. The van der Waals surface area contributed by atoms with Gasteiger partial charge in [0.05, 0.1) is 6.61 Å². The van der Waals surface area contributed by atoms with Crippen molar-refractivity contribution in [3.63, 3.8) is 0 Å². The van der Waals surface area contributed by atoms with E-state index in [2.05, 4.69) is 28.4 Å². The summed E-state index contributed by atoms with van der Waals surface area (Å²) < 4.78 is 5.26. The first-order chi connectivity index (χ1) is 8.86. The number of methoxy groups -OCH3 is 1. The van der Waals surface area contributed by atoms with Crippen LogP contribution in [0.2, 0.25) is 0 Å². The van der Waals surface area contributed by atoms with E-state index < -0.39 is 0 Å². The van der Waals surface area contributed by atoms with Gasteiger partial charge in [-0.25, -0.2) is 0 Å². The molecule has 0 amide bonds. The molecule has 2 aliphatic heterocycles. The van der Waals surface area contributed by atoms with Crippen molar-refractivity contribution in [2.24, 2.45) is 5.92 Å². The number of fused-ring (bicyclic) bond motifs is 1. The Kier molecular flexibility index (Phi) is 3.52. The smallest absolute Gasteiger partial charge is 0.0503 e.